The van der Waals surface area contributed by atoms with E-state index >= 15 is 0 Å². The van der Waals surface area contributed by atoms with Crippen molar-refractivity contribution >= 4 is 42.5 Å². The van der Waals surface area contributed by atoms with Crippen LogP contribution in [0.15, 0.2) is 18.2 Å². The number of nitrogens with zero attached hydrogens (tertiary/aromatic N) is 1. The molecule has 1 aromatic rings. The third kappa shape index (κ3) is 4.05. The third-order valence-electron chi connectivity index (χ3n) is 5.49. The molecule has 2 heterocycles. The standard InChI is InChI=1S/C18H26BClN2O3.ClH/c1-17(2)18(3,4)25-19(24-17)12-7-8-14(15(20)10-12)16(23)22-9-5-6-13(21)11-22;/h7-8,10,13H,5-6,9,11,21H2,1-4H3;1H/t13-;/m0./s1. The van der Waals surface area contributed by atoms with Crippen LogP contribution in [-0.2, 0) is 9.31 Å². The van der Waals surface area contributed by atoms with Crippen molar-refractivity contribution in [1.82, 2.24) is 4.90 Å². The topological polar surface area (TPSA) is 64.8 Å². The molecule has 0 aromatic heterocycles. The number of halogens is 2. The lowest BCUT2D eigenvalue weighted by Crippen LogP contribution is -2.45. The molecule has 2 N–H and O–H groups in total. The van der Waals surface area contributed by atoms with Gasteiger partial charge in [0.25, 0.3) is 5.91 Å². The highest BCUT2D eigenvalue weighted by atomic mass is 35.5. The van der Waals surface area contributed by atoms with Crippen molar-refractivity contribution in [2.45, 2.75) is 57.8 Å². The summed E-state index contributed by atoms with van der Waals surface area (Å²) in [7, 11) is -0.491. The van der Waals surface area contributed by atoms with Crippen LogP contribution in [0.3, 0.4) is 0 Å². The number of hydrogen-bond acceptors (Lipinski definition) is 4. The summed E-state index contributed by atoms with van der Waals surface area (Å²) in [6, 6.07) is 5.41. The number of hydrogen-bond donors (Lipinski definition) is 1. The van der Waals surface area contributed by atoms with Crippen molar-refractivity contribution in [2.75, 3.05) is 13.1 Å². The molecular weight excluding hydrogens is 374 g/mol. The van der Waals surface area contributed by atoms with Crippen molar-refractivity contribution in [3.63, 3.8) is 0 Å². The molecule has 0 bridgehead atoms. The smallest absolute Gasteiger partial charge is 0.399 e. The molecule has 0 aliphatic carbocycles. The first-order valence-corrected chi connectivity index (χ1v) is 9.18. The molecule has 1 aromatic carbocycles. The second-order valence-electron chi connectivity index (χ2n) is 7.98. The van der Waals surface area contributed by atoms with Crippen molar-refractivity contribution in [3.05, 3.63) is 28.8 Å². The summed E-state index contributed by atoms with van der Waals surface area (Å²) in [5, 5.41) is 0.413. The summed E-state index contributed by atoms with van der Waals surface area (Å²) in [4.78, 5) is 14.5. The second-order valence-corrected chi connectivity index (χ2v) is 8.39. The number of piperidine rings is 1. The first-order chi connectivity index (χ1) is 11.6. The van der Waals surface area contributed by atoms with Gasteiger partial charge in [-0.3, -0.25) is 4.79 Å². The Morgan fingerprint density at radius 3 is 2.42 bits per heavy atom. The Kier molecular flexibility index (Phi) is 6.36. The number of likely N-dealkylation sites (tertiary alicyclic amines) is 1. The van der Waals surface area contributed by atoms with E-state index in [0.717, 1.165) is 24.8 Å². The van der Waals surface area contributed by atoms with Gasteiger partial charge in [-0.2, -0.15) is 0 Å². The van der Waals surface area contributed by atoms with Gasteiger partial charge in [-0.25, -0.2) is 0 Å². The Hall–Kier alpha value is -0.785. The Morgan fingerprint density at radius 1 is 1.27 bits per heavy atom. The van der Waals surface area contributed by atoms with E-state index in [0.29, 0.717) is 17.1 Å². The third-order valence-corrected chi connectivity index (χ3v) is 5.81. The largest absolute Gasteiger partial charge is 0.494 e. The van der Waals surface area contributed by atoms with Crippen LogP contribution in [0, 0.1) is 0 Å². The molecule has 2 fully saturated rings. The first kappa shape index (κ1) is 21.5. The molecular formula is C18H27BCl2N2O3. The van der Waals surface area contributed by atoms with Gasteiger partial charge in [0.05, 0.1) is 21.8 Å². The van der Waals surface area contributed by atoms with Gasteiger partial charge in [-0.05, 0) is 58.1 Å². The number of carbonyl (C=O) groups excluding carboxylic acids is 1. The maximum atomic E-state index is 12.7. The predicted molar refractivity (Wildman–Crippen MR) is 108 cm³/mol. The molecule has 0 spiro atoms. The lowest BCUT2D eigenvalue weighted by Gasteiger charge is -2.32. The fourth-order valence-corrected chi connectivity index (χ4v) is 3.47. The number of nitrogens with two attached hydrogens (primary N) is 1. The van der Waals surface area contributed by atoms with Gasteiger partial charge in [0.2, 0.25) is 0 Å². The van der Waals surface area contributed by atoms with E-state index in [1.165, 1.54) is 0 Å². The molecule has 0 saturated carbocycles. The number of amides is 1. The molecule has 3 rings (SSSR count). The highest BCUT2D eigenvalue weighted by Crippen LogP contribution is 2.36. The van der Waals surface area contributed by atoms with Crippen LogP contribution >= 0.6 is 24.0 Å². The van der Waals surface area contributed by atoms with Crippen molar-refractivity contribution in [3.8, 4) is 0 Å². The van der Waals surface area contributed by atoms with Gasteiger partial charge in [-0.15, -0.1) is 12.4 Å². The SMILES string of the molecule is CC1(C)OB(c2ccc(C(=O)N3CCC[C@H](N)C3)c(Cl)c2)OC1(C)C.Cl. The maximum Gasteiger partial charge on any atom is 0.494 e. The van der Waals surface area contributed by atoms with Gasteiger partial charge < -0.3 is 19.9 Å². The summed E-state index contributed by atoms with van der Waals surface area (Å²) >= 11 is 6.41. The van der Waals surface area contributed by atoms with E-state index in [2.05, 4.69) is 0 Å². The minimum atomic E-state index is -0.491. The Labute approximate surface area is 167 Å². The summed E-state index contributed by atoms with van der Waals surface area (Å²) in [6.07, 6.45) is 1.88. The van der Waals surface area contributed by atoms with Gasteiger partial charge in [-0.1, -0.05) is 17.7 Å². The number of carbonyl (C=O) groups is 1. The average Bonchev–Trinajstić information content (AvgIpc) is 2.75. The van der Waals surface area contributed by atoms with Gasteiger partial charge in [0.1, 0.15) is 0 Å². The Balaban J connectivity index is 0.00000243. The van der Waals surface area contributed by atoms with Crippen LogP contribution in [0.5, 0.6) is 0 Å². The van der Waals surface area contributed by atoms with Crippen LogP contribution in [-0.4, -0.2) is 48.3 Å². The van der Waals surface area contributed by atoms with Crippen LogP contribution in [0.25, 0.3) is 0 Å². The molecule has 144 valence electrons. The molecule has 1 amide bonds. The van der Waals surface area contributed by atoms with E-state index in [9.17, 15) is 4.79 Å². The summed E-state index contributed by atoms with van der Waals surface area (Å²) in [5.74, 6) is -0.0689. The molecule has 26 heavy (non-hydrogen) atoms. The van der Waals surface area contributed by atoms with E-state index in [4.69, 9.17) is 26.6 Å². The lowest BCUT2D eigenvalue weighted by molar-refractivity contribution is 0.00578. The first-order valence-electron chi connectivity index (χ1n) is 8.81. The highest BCUT2D eigenvalue weighted by molar-refractivity contribution is 6.62. The van der Waals surface area contributed by atoms with Crippen molar-refractivity contribution in [2.24, 2.45) is 5.73 Å². The minimum absolute atomic E-state index is 0. The normalized spacial score (nSPS) is 24.3. The van der Waals surface area contributed by atoms with E-state index in [-0.39, 0.29) is 24.4 Å². The maximum absolute atomic E-state index is 12.7. The van der Waals surface area contributed by atoms with Crippen LogP contribution in [0.2, 0.25) is 5.02 Å². The molecule has 1 atom stereocenters. The zero-order valence-corrected chi connectivity index (χ0v) is 17.3. The van der Waals surface area contributed by atoms with Crippen molar-refractivity contribution < 1.29 is 14.1 Å². The fraction of sp³-hybridized carbons (Fsp3) is 0.611. The summed E-state index contributed by atoms with van der Waals surface area (Å²) in [6.45, 7) is 9.33. The van der Waals surface area contributed by atoms with E-state index in [1.807, 2.05) is 33.8 Å². The Morgan fingerprint density at radius 2 is 1.88 bits per heavy atom. The molecule has 5 nitrogen and oxygen atoms in total. The fourth-order valence-electron chi connectivity index (χ4n) is 3.20. The molecule has 2 aliphatic heterocycles. The summed E-state index contributed by atoms with van der Waals surface area (Å²) < 4.78 is 12.1. The highest BCUT2D eigenvalue weighted by Gasteiger charge is 2.51. The van der Waals surface area contributed by atoms with Crippen LogP contribution in [0.4, 0.5) is 0 Å². The second kappa shape index (κ2) is 7.68. The molecule has 0 radical (unpaired) electrons. The minimum Gasteiger partial charge on any atom is -0.399 e. The Bertz CT molecular complexity index is 668. The number of rotatable bonds is 2. The predicted octanol–water partition coefficient (Wildman–Crippen LogP) is 2.62. The summed E-state index contributed by atoms with van der Waals surface area (Å²) in [5.41, 5.74) is 6.46. The number of benzene rings is 1. The monoisotopic (exact) mass is 400 g/mol. The quantitative estimate of drug-likeness (QED) is 0.775. The van der Waals surface area contributed by atoms with Crippen LogP contribution < -0.4 is 11.2 Å². The van der Waals surface area contributed by atoms with E-state index < -0.39 is 18.3 Å². The zero-order valence-electron chi connectivity index (χ0n) is 15.8. The van der Waals surface area contributed by atoms with Crippen molar-refractivity contribution in [1.29, 1.82) is 0 Å². The molecule has 0 unspecified atom stereocenters. The molecule has 2 saturated heterocycles. The van der Waals surface area contributed by atoms with Crippen LogP contribution in [0.1, 0.15) is 50.9 Å². The van der Waals surface area contributed by atoms with Gasteiger partial charge >= 0.3 is 7.12 Å². The zero-order chi connectivity index (χ0) is 18.4. The molecule has 8 heteroatoms. The van der Waals surface area contributed by atoms with Gasteiger partial charge in [0.15, 0.2) is 0 Å². The molecule has 2 aliphatic rings. The lowest BCUT2D eigenvalue weighted by atomic mass is 9.79. The van der Waals surface area contributed by atoms with E-state index in [1.54, 1.807) is 17.0 Å². The average molecular weight is 401 g/mol. The van der Waals surface area contributed by atoms with Gasteiger partial charge in [0, 0.05) is 19.1 Å².